The molecule has 202 valence electrons. The lowest BCUT2D eigenvalue weighted by atomic mass is 9.86. The lowest BCUT2D eigenvalue weighted by Crippen LogP contribution is -2.56. The number of benzene rings is 2. The van der Waals surface area contributed by atoms with Crippen LogP contribution in [0.2, 0.25) is 0 Å². The number of nitrogens with one attached hydrogen (secondary N) is 2. The fourth-order valence-corrected chi connectivity index (χ4v) is 6.11. The van der Waals surface area contributed by atoms with Gasteiger partial charge in [0.1, 0.15) is 11.9 Å². The second-order valence-electron chi connectivity index (χ2n) is 11.3. The van der Waals surface area contributed by atoms with Crippen LogP contribution in [0.15, 0.2) is 48.5 Å². The Labute approximate surface area is 223 Å². The zero-order chi connectivity index (χ0) is 26.9. The predicted octanol–water partition coefficient (Wildman–Crippen LogP) is 3.17. The summed E-state index contributed by atoms with van der Waals surface area (Å²) in [4.78, 5) is 43.8. The summed E-state index contributed by atoms with van der Waals surface area (Å²) in [6, 6.07) is 13.5. The molecule has 0 unspecified atom stereocenters. The summed E-state index contributed by atoms with van der Waals surface area (Å²) in [5.41, 5.74) is 1.82. The van der Waals surface area contributed by atoms with Gasteiger partial charge in [-0.25, -0.2) is 4.39 Å². The van der Waals surface area contributed by atoms with Crippen LogP contribution in [0.25, 0.3) is 0 Å². The van der Waals surface area contributed by atoms with Crippen molar-refractivity contribution in [1.82, 2.24) is 15.5 Å². The average molecular weight is 521 g/mol. The molecule has 0 radical (unpaired) electrons. The van der Waals surface area contributed by atoms with E-state index >= 15 is 0 Å². The number of carbonyl (C=O) groups excluding carboxylic acids is 3. The van der Waals surface area contributed by atoms with Crippen molar-refractivity contribution in [2.45, 2.75) is 63.5 Å². The molecule has 2 atom stereocenters. The second-order valence-corrected chi connectivity index (χ2v) is 11.3. The van der Waals surface area contributed by atoms with Crippen molar-refractivity contribution in [3.8, 4) is 0 Å². The number of fused-ring (bicyclic) bond motifs is 1. The first-order valence-electron chi connectivity index (χ1n) is 13.7. The fraction of sp³-hybridized carbons (Fsp3) is 0.500. The number of hydrogen-bond acceptors (Lipinski definition) is 4. The van der Waals surface area contributed by atoms with Gasteiger partial charge < -0.3 is 20.4 Å². The van der Waals surface area contributed by atoms with E-state index < -0.39 is 11.5 Å². The maximum absolute atomic E-state index is 14.5. The number of amides is 3. The number of likely N-dealkylation sites (tertiary alicyclic amines) is 1. The third-order valence-corrected chi connectivity index (χ3v) is 8.40. The van der Waals surface area contributed by atoms with E-state index in [1.165, 1.54) is 6.07 Å². The molecule has 3 aliphatic heterocycles. The quantitative estimate of drug-likeness (QED) is 0.613. The highest BCUT2D eigenvalue weighted by molar-refractivity contribution is 6.08. The summed E-state index contributed by atoms with van der Waals surface area (Å²) in [5, 5.41) is 6.20. The molecule has 2 N–H and O–H groups in total. The minimum atomic E-state index is -0.842. The lowest BCUT2D eigenvalue weighted by molar-refractivity contribution is -0.138. The van der Waals surface area contributed by atoms with Gasteiger partial charge in [0.05, 0.1) is 11.3 Å². The number of rotatable bonds is 6. The van der Waals surface area contributed by atoms with Crippen LogP contribution in [0, 0.1) is 11.7 Å². The van der Waals surface area contributed by atoms with Crippen LogP contribution in [-0.2, 0) is 26.2 Å². The van der Waals surface area contributed by atoms with Crippen LogP contribution >= 0.6 is 0 Å². The van der Waals surface area contributed by atoms with E-state index in [0.717, 1.165) is 30.6 Å². The molecule has 3 heterocycles. The standard InChI is InChI=1S/C30H37FN4O3/c1-30(2)23-10-4-6-12-26(23)35(29(30)38)22-13-16-34(17-14-22)28(37)25(18-20-8-3-5-11-24(20)31)33-27(36)21-9-7-15-32-19-21/h3-6,8,10-12,21-22,25,32H,7,9,13-19H2,1-2H3,(H,33,36)/t21-,25+/m0/s1. The van der Waals surface area contributed by atoms with Gasteiger partial charge in [0.25, 0.3) is 0 Å². The molecule has 0 saturated carbocycles. The molecular formula is C30H37FN4O3. The van der Waals surface area contributed by atoms with E-state index in [0.29, 0.717) is 38.0 Å². The van der Waals surface area contributed by atoms with E-state index in [2.05, 4.69) is 10.6 Å². The van der Waals surface area contributed by atoms with Gasteiger partial charge in [-0.1, -0.05) is 36.4 Å². The number of piperidine rings is 2. The summed E-state index contributed by atoms with van der Waals surface area (Å²) in [5.74, 6) is -0.851. The van der Waals surface area contributed by atoms with Gasteiger partial charge in [0.15, 0.2) is 0 Å². The summed E-state index contributed by atoms with van der Waals surface area (Å²) in [6.45, 7) is 6.35. The maximum atomic E-state index is 14.5. The molecule has 5 rings (SSSR count). The topological polar surface area (TPSA) is 81.8 Å². The molecule has 2 aromatic rings. The molecule has 3 aliphatic rings. The minimum absolute atomic E-state index is 0.00222. The smallest absolute Gasteiger partial charge is 0.245 e. The zero-order valence-electron chi connectivity index (χ0n) is 22.2. The summed E-state index contributed by atoms with van der Waals surface area (Å²) >= 11 is 0. The van der Waals surface area contributed by atoms with Crippen molar-refractivity contribution in [2.75, 3.05) is 31.1 Å². The van der Waals surface area contributed by atoms with Crippen LogP contribution < -0.4 is 15.5 Å². The Kier molecular flexibility index (Phi) is 7.52. The van der Waals surface area contributed by atoms with E-state index in [1.54, 1.807) is 23.1 Å². The molecule has 2 aromatic carbocycles. The molecule has 2 fully saturated rings. The fourth-order valence-electron chi connectivity index (χ4n) is 6.11. The Morgan fingerprint density at radius 1 is 1.08 bits per heavy atom. The van der Waals surface area contributed by atoms with Gasteiger partial charge in [-0.05, 0) is 69.3 Å². The maximum Gasteiger partial charge on any atom is 0.245 e. The molecule has 0 aliphatic carbocycles. The summed E-state index contributed by atoms with van der Waals surface area (Å²) in [7, 11) is 0. The van der Waals surface area contributed by atoms with Crippen LogP contribution in [0.4, 0.5) is 10.1 Å². The largest absolute Gasteiger partial charge is 0.344 e. The Hall–Kier alpha value is -3.26. The van der Waals surface area contributed by atoms with E-state index in [4.69, 9.17) is 0 Å². The summed E-state index contributed by atoms with van der Waals surface area (Å²) in [6.07, 6.45) is 3.08. The highest BCUT2D eigenvalue weighted by Crippen LogP contribution is 2.43. The van der Waals surface area contributed by atoms with Crippen molar-refractivity contribution in [1.29, 1.82) is 0 Å². The third kappa shape index (κ3) is 5.06. The molecule has 0 aromatic heterocycles. The third-order valence-electron chi connectivity index (χ3n) is 8.40. The highest BCUT2D eigenvalue weighted by atomic mass is 19.1. The first-order valence-corrected chi connectivity index (χ1v) is 13.7. The normalized spacial score (nSPS) is 22.2. The zero-order valence-corrected chi connectivity index (χ0v) is 22.2. The molecule has 3 amide bonds. The minimum Gasteiger partial charge on any atom is -0.344 e. The van der Waals surface area contributed by atoms with Crippen LogP contribution in [0.1, 0.15) is 50.7 Å². The Balaban J connectivity index is 1.29. The molecule has 8 heteroatoms. The second kappa shape index (κ2) is 10.8. The van der Waals surface area contributed by atoms with Gasteiger partial charge in [-0.2, -0.15) is 0 Å². The van der Waals surface area contributed by atoms with Crippen molar-refractivity contribution in [3.05, 3.63) is 65.5 Å². The van der Waals surface area contributed by atoms with E-state index in [1.807, 2.05) is 43.0 Å². The molecule has 2 saturated heterocycles. The SMILES string of the molecule is CC1(C)C(=O)N(C2CCN(C(=O)[C@@H](Cc3ccccc3F)NC(=O)[C@H]3CCCNC3)CC2)c2ccccc21. The van der Waals surface area contributed by atoms with Crippen molar-refractivity contribution >= 4 is 23.4 Å². The number of para-hydroxylation sites is 1. The molecule has 38 heavy (non-hydrogen) atoms. The monoisotopic (exact) mass is 520 g/mol. The average Bonchev–Trinajstić information content (AvgIpc) is 3.14. The van der Waals surface area contributed by atoms with Gasteiger partial charge in [-0.3, -0.25) is 14.4 Å². The number of nitrogens with zero attached hydrogens (tertiary/aromatic N) is 2. The van der Waals surface area contributed by atoms with E-state index in [9.17, 15) is 18.8 Å². The number of hydrogen-bond donors (Lipinski definition) is 2. The van der Waals surface area contributed by atoms with Crippen molar-refractivity contribution in [3.63, 3.8) is 0 Å². The Bertz CT molecular complexity index is 1200. The van der Waals surface area contributed by atoms with Gasteiger partial charge in [0, 0.05) is 37.8 Å². The Morgan fingerprint density at radius 3 is 2.50 bits per heavy atom. The first-order chi connectivity index (χ1) is 18.3. The van der Waals surface area contributed by atoms with Gasteiger partial charge in [-0.15, -0.1) is 0 Å². The number of halogens is 1. The summed E-state index contributed by atoms with van der Waals surface area (Å²) < 4.78 is 14.5. The van der Waals surface area contributed by atoms with Crippen molar-refractivity contribution in [2.24, 2.45) is 5.92 Å². The van der Waals surface area contributed by atoms with E-state index in [-0.39, 0.29) is 41.9 Å². The highest BCUT2D eigenvalue weighted by Gasteiger charge is 2.47. The molecule has 0 bridgehead atoms. The van der Waals surface area contributed by atoms with Gasteiger partial charge in [0.2, 0.25) is 17.7 Å². The van der Waals surface area contributed by atoms with Crippen LogP contribution in [0.5, 0.6) is 0 Å². The van der Waals surface area contributed by atoms with Crippen LogP contribution in [-0.4, -0.2) is 60.9 Å². The van der Waals surface area contributed by atoms with Gasteiger partial charge >= 0.3 is 0 Å². The van der Waals surface area contributed by atoms with Crippen molar-refractivity contribution < 1.29 is 18.8 Å². The first kappa shape index (κ1) is 26.4. The number of anilines is 1. The van der Waals surface area contributed by atoms with Crippen LogP contribution in [0.3, 0.4) is 0 Å². The molecular weight excluding hydrogens is 483 g/mol. The molecule has 0 spiro atoms. The predicted molar refractivity (Wildman–Crippen MR) is 144 cm³/mol. The lowest BCUT2D eigenvalue weighted by Gasteiger charge is -2.39. The Morgan fingerprint density at radius 2 is 1.79 bits per heavy atom. The number of carbonyl (C=O) groups is 3. The molecule has 7 nitrogen and oxygen atoms in total.